The molecule has 0 bridgehead atoms. The van der Waals surface area contributed by atoms with Gasteiger partial charge < -0.3 is 9.53 Å². The SMILES string of the molecule is CC(C)c1nc2c(c(C3=CCCC3)c1[C@H](O)c1ccc(C#N)cc1)[C@@H](O[Si](C)(C)C(C)(C)C)CC(C)(C)C2. The van der Waals surface area contributed by atoms with Gasteiger partial charge in [-0.2, -0.15) is 5.26 Å². The Kier molecular flexibility index (Phi) is 7.84. The van der Waals surface area contributed by atoms with E-state index in [1.807, 2.05) is 12.1 Å². The maximum atomic E-state index is 12.0. The van der Waals surface area contributed by atoms with Gasteiger partial charge in [-0.05, 0) is 90.4 Å². The molecule has 4 nitrogen and oxygen atoms in total. The molecule has 0 unspecified atom stereocenters. The summed E-state index contributed by atoms with van der Waals surface area (Å²) in [5.74, 6) is 0.161. The highest BCUT2D eigenvalue weighted by molar-refractivity contribution is 6.74. The van der Waals surface area contributed by atoms with Crippen LogP contribution in [0.1, 0.15) is 131 Å². The molecular weight excluding hydrogens is 484 g/mol. The van der Waals surface area contributed by atoms with E-state index in [4.69, 9.17) is 9.41 Å². The summed E-state index contributed by atoms with van der Waals surface area (Å²) in [6.45, 7) is 20.6. The number of nitrogens with zero attached hydrogens (tertiary/aromatic N) is 2. The summed E-state index contributed by atoms with van der Waals surface area (Å²) in [7, 11) is -2.08. The number of aliphatic hydroxyl groups is 1. The van der Waals surface area contributed by atoms with E-state index in [0.717, 1.165) is 54.6 Å². The molecule has 1 aromatic heterocycles. The Labute approximate surface area is 231 Å². The first-order valence-corrected chi connectivity index (χ1v) is 17.2. The van der Waals surface area contributed by atoms with Gasteiger partial charge in [-0.15, -0.1) is 0 Å². The average molecular weight is 531 g/mol. The van der Waals surface area contributed by atoms with Crippen LogP contribution in [0.5, 0.6) is 0 Å². The van der Waals surface area contributed by atoms with E-state index >= 15 is 0 Å². The van der Waals surface area contributed by atoms with Crippen LogP contribution in [0.25, 0.3) is 5.57 Å². The van der Waals surface area contributed by atoms with E-state index in [1.165, 1.54) is 16.7 Å². The van der Waals surface area contributed by atoms with Crippen molar-refractivity contribution in [1.82, 2.24) is 4.98 Å². The Balaban J connectivity index is 2.01. The zero-order valence-electron chi connectivity index (χ0n) is 24.9. The van der Waals surface area contributed by atoms with Gasteiger partial charge in [0.15, 0.2) is 8.32 Å². The average Bonchev–Trinajstić information content (AvgIpc) is 3.35. The van der Waals surface area contributed by atoms with Crippen molar-refractivity contribution in [3.05, 3.63) is 69.5 Å². The Morgan fingerprint density at radius 1 is 1.16 bits per heavy atom. The van der Waals surface area contributed by atoms with Gasteiger partial charge in [0, 0.05) is 22.5 Å². The number of rotatable bonds is 6. The molecule has 0 aliphatic heterocycles. The topological polar surface area (TPSA) is 66.1 Å². The second-order valence-corrected chi connectivity index (χ2v) is 18.7. The van der Waals surface area contributed by atoms with Gasteiger partial charge in [0.2, 0.25) is 0 Å². The van der Waals surface area contributed by atoms with Gasteiger partial charge in [0.25, 0.3) is 0 Å². The Hall–Kier alpha value is -2.26. The number of hydrogen-bond acceptors (Lipinski definition) is 4. The fourth-order valence-electron chi connectivity index (χ4n) is 5.79. The Bertz CT molecular complexity index is 1260. The maximum absolute atomic E-state index is 12.0. The molecule has 2 aliphatic rings. The number of hydrogen-bond donors (Lipinski definition) is 1. The second kappa shape index (κ2) is 10.4. The first kappa shape index (κ1) is 28.7. The predicted molar refractivity (Wildman–Crippen MR) is 158 cm³/mol. The summed E-state index contributed by atoms with van der Waals surface area (Å²) in [6, 6.07) is 9.54. The van der Waals surface area contributed by atoms with E-state index < -0.39 is 14.4 Å². The van der Waals surface area contributed by atoms with Crippen LogP contribution in [0.3, 0.4) is 0 Å². The number of nitriles is 1. The van der Waals surface area contributed by atoms with Gasteiger partial charge >= 0.3 is 0 Å². The molecule has 4 rings (SSSR count). The summed E-state index contributed by atoms with van der Waals surface area (Å²) in [5.41, 5.74) is 8.26. The van der Waals surface area contributed by atoms with E-state index in [0.29, 0.717) is 5.56 Å². The lowest BCUT2D eigenvalue weighted by atomic mass is 9.71. The van der Waals surface area contributed by atoms with Crippen LogP contribution in [-0.4, -0.2) is 18.4 Å². The van der Waals surface area contributed by atoms with Crippen LogP contribution in [0.4, 0.5) is 0 Å². The minimum atomic E-state index is -2.08. The molecule has 0 saturated carbocycles. The summed E-state index contributed by atoms with van der Waals surface area (Å²) in [5, 5.41) is 21.4. The van der Waals surface area contributed by atoms with E-state index in [1.54, 1.807) is 12.1 Å². The van der Waals surface area contributed by atoms with Gasteiger partial charge in [0.1, 0.15) is 6.10 Å². The smallest absolute Gasteiger partial charge is 0.192 e. The van der Waals surface area contributed by atoms with Gasteiger partial charge in [0.05, 0.1) is 17.7 Å². The molecule has 38 heavy (non-hydrogen) atoms. The zero-order chi connectivity index (χ0) is 28.0. The second-order valence-electron chi connectivity index (χ2n) is 14.0. The highest BCUT2D eigenvalue weighted by Crippen LogP contribution is 2.52. The zero-order valence-corrected chi connectivity index (χ0v) is 25.9. The molecule has 1 heterocycles. The fraction of sp³-hybridized carbons (Fsp3) is 0.576. The first-order valence-electron chi connectivity index (χ1n) is 14.3. The van der Waals surface area contributed by atoms with E-state index in [-0.39, 0.29) is 22.5 Å². The quantitative estimate of drug-likeness (QED) is 0.379. The number of aromatic nitrogens is 1. The van der Waals surface area contributed by atoms with Crippen LogP contribution >= 0.6 is 0 Å². The number of fused-ring (bicyclic) bond motifs is 1. The number of allylic oxidation sites excluding steroid dienone is 2. The lowest BCUT2D eigenvalue weighted by molar-refractivity contribution is 0.105. The molecule has 2 aliphatic carbocycles. The third-order valence-corrected chi connectivity index (χ3v) is 13.4. The van der Waals surface area contributed by atoms with Crippen molar-refractivity contribution in [1.29, 1.82) is 5.26 Å². The summed E-state index contributed by atoms with van der Waals surface area (Å²) in [4.78, 5) is 5.36. The molecular formula is C33H46N2O2Si. The lowest BCUT2D eigenvalue weighted by Crippen LogP contribution is -2.44. The molecule has 0 amide bonds. The molecule has 2 atom stereocenters. The molecule has 0 spiro atoms. The molecule has 0 fully saturated rings. The van der Waals surface area contributed by atoms with Crippen molar-refractivity contribution >= 4 is 13.9 Å². The standard InChI is InChI=1S/C33H46N2O2Si/c1-21(2)30-29(31(36)24-16-14-22(20-34)15-17-24)27(23-12-10-11-13-23)28-25(35-30)18-33(6,7)19-26(28)37-38(8,9)32(3,4)5/h12,14-17,21,26,31,36H,10-11,13,18-19H2,1-9H3/t26-,31+/m0/s1. The molecule has 0 saturated heterocycles. The summed E-state index contributed by atoms with van der Waals surface area (Å²) in [6.07, 6.45) is 6.57. The van der Waals surface area contributed by atoms with Gasteiger partial charge in [-0.25, -0.2) is 0 Å². The first-order chi connectivity index (χ1) is 17.6. The molecule has 204 valence electrons. The molecule has 2 aromatic rings. The van der Waals surface area contributed by atoms with Crippen molar-refractivity contribution < 1.29 is 9.53 Å². The predicted octanol–water partition coefficient (Wildman–Crippen LogP) is 8.76. The van der Waals surface area contributed by atoms with Crippen molar-refractivity contribution in [2.45, 2.75) is 117 Å². The molecule has 1 N–H and O–H groups in total. The Morgan fingerprint density at radius 2 is 1.82 bits per heavy atom. The number of pyridine rings is 1. The van der Waals surface area contributed by atoms with Crippen LogP contribution in [0, 0.1) is 16.7 Å². The highest BCUT2D eigenvalue weighted by Gasteiger charge is 2.45. The van der Waals surface area contributed by atoms with Crippen LogP contribution in [-0.2, 0) is 10.8 Å². The lowest BCUT2D eigenvalue weighted by Gasteiger charge is -2.45. The normalized spacial score (nSPS) is 20.2. The highest BCUT2D eigenvalue weighted by atomic mass is 28.4. The van der Waals surface area contributed by atoms with Crippen LogP contribution in [0.15, 0.2) is 30.3 Å². The van der Waals surface area contributed by atoms with Gasteiger partial charge in [-0.3, -0.25) is 4.98 Å². The van der Waals surface area contributed by atoms with Crippen LogP contribution < -0.4 is 0 Å². The largest absolute Gasteiger partial charge is 0.410 e. The van der Waals surface area contributed by atoms with Crippen molar-refractivity contribution in [3.8, 4) is 6.07 Å². The maximum Gasteiger partial charge on any atom is 0.192 e. The molecule has 1 aromatic carbocycles. The van der Waals surface area contributed by atoms with Crippen molar-refractivity contribution in [2.75, 3.05) is 0 Å². The number of aliphatic hydroxyl groups excluding tert-OH is 1. The van der Waals surface area contributed by atoms with Crippen LogP contribution in [0.2, 0.25) is 18.1 Å². The minimum Gasteiger partial charge on any atom is -0.410 e. The van der Waals surface area contributed by atoms with Crippen molar-refractivity contribution in [3.63, 3.8) is 0 Å². The number of benzene rings is 1. The monoisotopic (exact) mass is 530 g/mol. The molecule has 5 heteroatoms. The third-order valence-electron chi connectivity index (χ3n) is 8.87. The Morgan fingerprint density at radius 3 is 2.34 bits per heavy atom. The minimum absolute atomic E-state index is 0.0493. The van der Waals surface area contributed by atoms with Gasteiger partial charge in [-0.1, -0.05) is 66.7 Å². The third kappa shape index (κ3) is 5.55. The fourth-order valence-corrected chi connectivity index (χ4v) is 7.06. The van der Waals surface area contributed by atoms with Crippen molar-refractivity contribution in [2.24, 2.45) is 5.41 Å². The summed E-state index contributed by atoms with van der Waals surface area (Å²) < 4.78 is 7.23. The summed E-state index contributed by atoms with van der Waals surface area (Å²) >= 11 is 0. The molecule has 0 radical (unpaired) electrons. The van der Waals surface area contributed by atoms with E-state index in [9.17, 15) is 10.4 Å². The van der Waals surface area contributed by atoms with E-state index in [2.05, 4.69) is 73.7 Å².